The van der Waals surface area contributed by atoms with Gasteiger partial charge in [-0.25, -0.2) is 4.79 Å². The topological polar surface area (TPSA) is 67.4 Å². The number of amides is 1. The maximum atomic E-state index is 12.3. The van der Waals surface area contributed by atoms with Gasteiger partial charge in [-0.15, -0.1) is 0 Å². The number of carbonyl (C=O) groups is 2. The Hall–Kier alpha value is -1.88. The van der Waals surface area contributed by atoms with Gasteiger partial charge in [0.2, 0.25) is 5.91 Å². The van der Waals surface area contributed by atoms with Crippen LogP contribution in [-0.4, -0.2) is 32.1 Å². The van der Waals surface area contributed by atoms with Crippen LogP contribution in [0, 0.1) is 18.8 Å². The lowest BCUT2D eigenvalue weighted by molar-refractivity contribution is -0.120. The lowest BCUT2D eigenvalue weighted by atomic mass is 9.97. The number of hydrogen-bond donors (Lipinski definition) is 2. The quantitative estimate of drug-likeness (QED) is 0.822. The van der Waals surface area contributed by atoms with Crippen molar-refractivity contribution in [1.82, 2.24) is 5.32 Å². The highest BCUT2D eigenvalue weighted by molar-refractivity contribution is 5.97. The van der Waals surface area contributed by atoms with Gasteiger partial charge in [0.15, 0.2) is 0 Å². The maximum Gasteiger partial charge on any atom is 0.338 e. The first-order chi connectivity index (χ1) is 9.54. The van der Waals surface area contributed by atoms with Crippen LogP contribution in [-0.2, 0) is 9.53 Å². The molecule has 0 saturated carbocycles. The zero-order chi connectivity index (χ0) is 14.7. The number of hydrogen-bond acceptors (Lipinski definition) is 4. The van der Waals surface area contributed by atoms with Gasteiger partial charge >= 0.3 is 5.97 Å². The molecule has 0 unspecified atom stereocenters. The minimum Gasteiger partial charge on any atom is -0.465 e. The highest BCUT2D eigenvalue weighted by Gasteiger charge is 2.29. The fourth-order valence-electron chi connectivity index (χ4n) is 2.49. The second-order valence-electron chi connectivity index (χ2n) is 5.20. The first-order valence-electron chi connectivity index (χ1n) is 6.74. The summed E-state index contributed by atoms with van der Waals surface area (Å²) in [6, 6.07) is 5.23. The number of esters is 1. The molecule has 0 spiro atoms. The van der Waals surface area contributed by atoms with Gasteiger partial charge < -0.3 is 15.4 Å². The van der Waals surface area contributed by atoms with Gasteiger partial charge in [-0.1, -0.05) is 13.0 Å². The van der Waals surface area contributed by atoms with Gasteiger partial charge in [0.05, 0.1) is 18.6 Å². The Balaban J connectivity index is 2.17. The molecule has 5 heteroatoms. The van der Waals surface area contributed by atoms with Gasteiger partial charge in [-0.3, -0.25) is 4.79 Å². The minimum absolute atomic E-state index is 0.00684. The molecule has 0 aliphatic carbocycles. The summed E-state index contributed by atoms with van der Waals surface area (Å²) >= 11 is 0. The fraction of sp³-hybridized carbons (Fsp3) is 0.467. The zero-order valence-electron chi connectivity index (χ0n) is 12.0. The van der Waals surface area contributed by atoms with Gasteiger partial charge in [-0.2, -0.15) is 0 Å². The Morgan fingerprint density at radius 1 is 1.35 bits per heavy atom. The molecule has 20 heavy (non-hydrogen) atoms. The average molecular weight is 276 g/mol. The second kappa shape index (κ2) is 6.05. The van der Waals surface area contributed by atoms with E-state index >= 15 is 0 Å². The first kappa shape index (κ1) is 14.5. The molecule has 1 aliphatic heterocycles. The molecule has 108 valence electrons. The summed E-state index contributed by atoms with van der Waals surface area (Å²) in [5, 5.41) is 6.12. The van der Waals surface area contributed by atoms with Crippen LogP contribution in [0.15, 0.2) is 18.2 Å². The molecular formula is C15H20N2O3. The Bertz CT molecular complexity index is 528. The van der Waals surface area contributed by atoms with Crippen molar-refractivity contribution in [3.8, 4) is 0 Å². The van der Waals surface area contributed by atoms with Gasteiger partial charge in [-0.05, 0) is 37.1 Å². The van der Waals surface area contributed by atoms with Crippen molar-refractivity contribution in [2.45, 2.75) is 13.8 Å². The number of methoxy groups -OCH3 is 1. The summed E-state index contributed by atoms with van der Waals surface area (Å²) in [6.45, 7) is 5.42. The van der Waals surface area contributed by atoms with E-state index in [4.69, 9.17) is 4.74 Å². The van der Waals surface area contributed by atoms with Crippen molar-refractivity contribution in [3.63, 3.8) is 0 Å². The minimum atomic E-state index is -0.394. The van der Waals surface area contributed by atoms with E-state index in [9.17, 15) is 9.59 Å². The Morgan fingerprint density at radius 3 is 2.70 bits per heavy atom. The predicted octanol–water partition coefficient (Wildman–Crippen LogP) is 1.58. The van der Waals surface area contributed by atoms with Crippen molar-refractivity contribution in [1.29, 1.82) is 0 Å². The third kappa shape index (κ3) is 2.82. The molecule has 0 aromatic heterocycles. The lowest BCUT2D eigenvalue weighted by Gasteiger charge is -2.16. The van der Waals surface area contributed by atoms with E-state index in [1.165, 1.54) is 7.11 Å². The van der Waals surface area contributed by atoms with Crippen LogP contribution in [0.2, 0.25) is 0 Å². The molecule has 2 N–H and O–H groups in total. The van der Waals surface area contributed by atoms with Crippen molar-refractivity contribution >= 4 is 17.6 Å². The maximum absolute atomic E-state index is 12.3. The highest BCUT2D eigenvalue weighted by Crippen LogP contribution is 2.23. The van der Waals surface area contributed by atoms with Crippen molar-refractivity contribution < 1.29 is 14.3 Å². The number of carbonyl (C=O) groups excluding carboxylic acids is 2. The molecule has 2 rings (SSSR count). The van der Waals surface area contributed by atoms with Crippen LogP contribution in [0.25, 0.3) is 0 Å². The van der Waals surface area contributed by atoms with Crippen LogP contribution >= 0.6 is 0 Å². The molecule has 1 aromatic rings. The number of benzene rings is 1. The van der Waals surface area contributed by atoms with Crippen molar-refractivity contribution in [3.05, 3.63) is 29.3 Å². The normalized spacial score (nSPS) is 21.6. The van der Waals surface area contributed by atoms with Gasteiger partial charge in [0.1, 0.15) is 0 Å². The standard InChI is InChI=1S/C15H20N2O3/c1-9-7-16-8-12(9)14(18)17-13-6-4-5-11(10(13)2)15(19)20-3/h4-6,9,12,16H,7-8H2,1-3H3,(H,17,18)/t9-,12-/m1/s1. The average Bonchev–Trinajstić information content (AvgIpc) is 2.86. The molecule has 1 fully saturated rings. The molecule has 1 saturated heterocycles. The largest absolute Gasteiger partial charge is 0.465 e. The summed E-state index contributed by atoms with van der Waals surface area (Å²) in [5.41, 5.74) is 1.87. The second-order valence-corrected chi connectivity index (χ2v) is 5.20. The van der Waals surface area contributed by atoms with E-state index in [0.717, 1.165) is 12.1 Å². The third-order valence-corrected chi connectivity index (χ3v) is 3.85. The molecule has 1 aliphatic rings. The predicted molar refractivity (Wildman–Crippen MR) is 76.7 cm³/mol. The number of ether oxygens (including phenoxy) is 1. The van der Waals surface area contributed by atoms with Crippen molar-refractivity contribution in [2.24, 2.45) is 11.8 Å². The Kier molecular flexibility index (Phi) is 4.39. The summed E-state index contributed by atoms with van der Waals surface area (Å²) < 4.78 is 4.73. The third-order valence-electron chi connectivity index (χ3n) is 3.85. The van der Waals surface area contributed by atoms with Crippen molar-refractivity contribution in [2.75, 3.05) is 25.5 Å². The van der Waals surface area contributed by atoms with Gasteiger partial charge in [0, 0.05) is 12.2 Å². The summed E-state index contributed by atoms with van der Waals surface area (Å²) in [6.07, 6.45) is 0. The highest BCUT2D eigenvalue weighted by atomic mass is 16.5. The van der Waals surface area contributed by atoms with Crippen LogP contribution in [0.1, 0.15) is 22.8 Å². The van der Waals surface area contributed by atoms with E-state index in [0.29, 0.717) is 23.7 Å². The van der Waals surface area contributed by atoms with E-state index in [1.54, 1.807) is 25.1 Å². The van der Waals surface area contributed by atoms with E-state index in [2.05, 4.69) is 17.6 Å². The monoisotopic (exact) mass is 276 g/mol. The van der Waals surface area contributed by atoms with E-state index in [1.807, 2.05) is 0 Å². The van der Waals surface area contributed by atoms with E-state index < -0.39 is 5.97 Å². The van der Waals surface area contributed by atoms with E-state index in [-0.39, 0.29) is 11.8 Å². The van der Waals surface area contributed by atoms with Crippen LogP contribution in [0.3, 0.4) is 0 Å². The molecule has 1 aromatic carbocycles. The molecule has 5 nitrogen and oxygen atoms in total. The molecule has 0 radical (unpaired) electrons. The van der Waals surface area contributed by atoms with Crippen LogP contribution in [0.4, 0.5) is 5.69 Å². The smallest absolute Gasteiger partial charge is 0.338 e. The summed E-state index contributed by atoms with van der Waals surface area (Å²) in [4.78, 5) is 23.9. The summed E-state index contributed by atoms with van der Waals surface area (Å²) in [7, 11) is 1.35. The molecular weight excluding hydrogens is 256 g/mol. The zero-order valence-corrected chi connectivity index (χ0v) is 12.0. The first-order valence-corrected chi connectivity index (χ1v) is 6.74. The fourth-order valence-corrected chi connectivity index (χ4v) is 2.49. The van der Waals surface area contributed by atoms with Crippen LogP contribution < -0.4 is 10.6 Å². The lowest BCUT2D eigenvalue weighted by Crippen LogP contribution is -2.28. The Morgan fingerprint density at radius 2 is 2.10 bits per heavy atom. The molecule has 2 atom stereocenters. The molecule has 1 heterocycles. The molecule has 0 bridgehead atoms. The van der Waals surface area contributed by atoms with Gasteiger partial charge in [0.25, 0.3) is 0 Å². The molecule has 1 amide bonds. The van der Waals surface area contributed by atoms with Crippen LogP contribution in [0.5, 0.6) is 0 Å². The number of rotatable bonds is 3. The Labute approximate surface area is 118 Å². The number of anilines is 1. The number of nitrogens with one attached hydrogen (secondary N) is 2. The SMILES string of the molecule is COC(=O)c1cccc(NC(=O)[C@@H]2CNC[C@H]2C)c1C. The summed E-state index contributed by atoms with van der Waals surface area (Å²) in [5.74, 6) is -0.114.